The summed E-state index contributed by atoms with van der Waals surface area (Å²) in [5, 5.41) is 3.98. The molecule has 1 unspecified atom stereocenters. The third kappa shape index (κ3) is 3.36. The zero-order valence-electron chi connectivity index (χ0n) is 12.6. The Bertz CT molecular complexity index is 860. The topological polar surface area (TPSA) is 88.3 Å². The number of nitrogens with two attached hydrogens (primary N) is 1. The number of aromatic nitrogens is 1. The Morgan fingerprint density at radius 3 is 2.79 bits per heavy atom. The Kier molecular flexibility index (Phi) is 4.98. The second kappa shape index (κ2) is 6.85. The molecule has 0 radical (unpaired) electrons. The first kappa shape index (κ1) is 17.4. The molecule has 3 rings (SSSR count). The van der Waals surface area contributed by atoms with Crippen molar-refractivity contribution in [3.8, 4) is 0 Å². The number of anilines is 1. The summed E-state index contributed by atoms with van der Waals surface area (Å²) in [5.41, 5.74) is 6.59. The van der Waals surface area contributed by atoms with E-state index in [1.807, 2.05) is 6.07 Å². The lowest BCUT2D eigenvalue weighted by Gasteiger charge is -2.35. The van der Waals surface area contributed by atoms with Crippen molar-refractivity contribution in [1.29, 1.82) is 0 Å². The summed E-state index contributed by atoms with van der Waals surface area (Å²) < 4.78 is 27.6. The number of halogens is 2. The number of nitrogens with zero attached hydrogens (tertiary/aromatic N) is 2. The second-order valence-corrected chi connectivity index (χ2v) is 8.16. The normalized spacial score (nSPS) is 19.3. The molecule has 1 atom stereocenters. The summed E-state index contributed by atoms with van der Waals surface area (Å²) in [4.78, 5) is 3.78. The first-order chi connectivity index (χ1) is 11.4. The summed E-state index contributed by atoms with van der Waals surface area (Å²) in [7, 11) is -3.85. The third-order valence-electron chi connectivity index (χ3n) is 3.86. The molecule has 128 valence electrons. The lowest BCUT2D eigenvalue weighted by molar-refractivity contribution is 0.271. The van der Waals surface area contributed by atoms with Crippen molar-refractivity contribution in [3.63, 3.8) is 0 Å². The number of hydrogen-bond acceptors (Lipinski definition) is 5. The van der Waals surface area contributed by atoms with Gasteiger partial charge in [0.1, 0.15) is 10.7 Å². The summed E-state index contributed by atoms with van der Waals surface area (Å²) >= 11 is 12.0. The molecule has 1 aliphatic heterocycles. The van der Waals surface area contributed by atoms with E-state index in [4.69, 9.17) is 28.9 Å². The van der Waals surface area contributed by atoms with Gasteiger partial charge in [-0.2, -0.15) is 4.31 Å². The lowest BCUT2D eigenvalue weighted by atomic mass is 10.1. The van der Waals surface area contributed by atoms with Crippen LogP contribution in [0.25, 0.3) is 0 Å². The molecule has 1 aliphatic rings. The standard InChI is InChI=1S/C15H16Cl2N4O2S/c16-11-3-1-2-10(6-11)13-9-19-4-5-21(13)24(22,23)14-7-12(17)8-20-15(14)18/h1-3,6-8,13,19H,4-5,9H2,(H2,18,20). The fourth-order valence-corrected chi connectivity index (χ4v) is 4.87. The number of rotatable bonds is 3. The number of pyridine rings is 1. The molecular weight excluding hydrogens is 371 g/mol. The van der Waals surface area contributed by atoms with Gasteiger partial charge >= 0.3 is 0 Å². The van der Waals surface area contributed by atoms with Crippen LogP contribution in [0.2, 0.25) is 10.0 Å². The maximum Gasteiger partial charge on any atom is 0.247 e. The number of hydrogen-bond donors (Lipinski definition) is 2. The minimum absolute atomic E-state index is 0.0669. The van der Waals surface area contributed by atoms with E-state index in [1.165, 1.54) is 16.6 Å². The highest BCUT2D eigenvalue weighted by Crippen LogP contribution is 2.32. The van der Waals surface area contributed by atoms with Gasteiger partial charge in [-0.25, -0.2) is 13.4 Å². The average molecular weight is 387 g/mol. The van der Waals surface area contributed by atoms with Crippen molar-refractivity contribution in [1.82, 2.24) is 14.6 Å². The molecule has 24 heavy (non-hydrogen) atoms. The third-order valence-corrected chi connectivity index (χ3v) is 6.24. The van der Waals surface area contributed by atoms with Crippen LogP contribution in [0.15, 0.2) is 41.4 Å². The van der Waals surface area contributed by atoms with E-state index in [9.17, 15) is 8.42 Å². The van der Waals surface area contributed by atoms with E-state index in [-0.39, 0.29) is 21.8 Å². The van der Waals surface area contributed by atoms with Gasteiger partial charge in [0.05, 0.1) is 11.1 Å². The summed E-state index contributed by atoms with van der Waals surface area (Å²) in [5.74, 6) is -0.0669. The molecule has 3 N–H and O–H groups in total. The number of sulfonamides is 1. The quantitative estimate of drug-likeness (QED) is 0.844. The van der Waals surface area contributed by atoms with E-state index in [2.05, 4.69) is 10.3 Å². The SMILES string of the molecule is Nc1ncc(Cl)cc1S(=O)(=O)N1CCNCC1c1cccc(Cl)c1. The highest BCUT2D eigenvalue weighted by molar-refractivity contribution is 7.89. The van der Waals surface area contributed by atoms with Crippen molar-refractivity contribution in [2.24, 2.45) is 0 Å². The van der Waals surface area contributed by atoms with Gasteiger partial charge in [0.2, 0.25) is 10.0 Å². The number of benzene rings is 1. The van der Waals surface area contributed by atoms with Crippen LogP contribution in [0.4, 0.5) is 5.82 Å². The molecule has 0 saturated carbocycles. The number of nitrogen functional groups attached to an aromatic ring is 1. The van der Waals surface area contributed by atoms with Gasteiger partial charge in [0.25, 0.3) is 0 Å². The van der Waals surface area contributed by atoms with E-state index in [0.29, 0.717) is 24.7 Å². The monoisotopic (exact) mass is 386 g/mol. The van der Waals surface area contributed by atoms with Crippen LogP contribution in [-0.2, 0) is 10.0 Å². The Morgan fingerprint density at radius 1 is 1.25 bits per heavy atom. The van der Waals surface area contributed by atoms with Crippen molar-refractivity contribution in [2.75, 3.05) is 25.4 Å². The molecule has 0 amide bonds. The Labute approximate surface area is 150 Å². The van der Waals surface area contributed by atoms with Crippen LogP contribution in [0, 0.1) is 0 Å². The van der Waals surface area contributed by atoms with Crippen LogP contribution in [0.1, 0.15) is 11.6 Å². The van der Waals surface area contributed by atoms with Gasteiger partial charge in [0, 0.05) is 30.9 Å². The molecule has 2 heterocycles. The van der Waals surface area contributed by atoms with E-state index in [1.54, 1.807) is 18.2 Å². The van der Waals surface area contributed by atoms with Crippen molar-refractivity contribution in [2.45, 2.75) is 10.9 Å². The summed E-state index contributed by atoms with van der Waals surface area (Å²) in [6, 6.07) is 8.11. The zero-order chi connectivity index (χ0) is 17.3. The van der Waals surface area contributed by atoms with E-state index < -0.39 is 10.0 Å². The molecule has 0 spiro atoms. The predicted molar refractivity (Wildman–Crippen MR) is 94.6 cm³/mol. The van der Waals surface area contributed by atoms with Gasteiger partial charge in [0.15, 0.2) is 0 Å². The first-order valence-electron chi connectivity index (χ1n) is 7.28. The van der Waals surface area contributed by atoms with Crippen LogP contribution >= 0.6 is 23.2 Å². The Morgan fingerprint density at radius 2 is 2.04 bits per heavy atom. The predicted octanol–water partition coefficient (Wildman–Crippen LogP) is 2.31. The highest BCUT2D eigenvalue weighted by atomic mass is 35.5. The van der Waals surface area contributed by atoms with Crippen molar-refractivity contribution < 1.29 is 8.42 Å². The van der Waals surface area contributed by atoms with E-state index in [0.717, 1.165) is 5.56 Å². The van der Waals surface area contributed by atoms with Crippen molar-refractivity contribution in [3.05, 3.63) is 52.1 Å². The zero-order valence-corrected chi connectivity index (χ0v) is 14.9. The molecule has 2 aromatic rings. The first-order valence-corrected chi connectivity index (χ1v) is 9.48. The Balaban J connectivity index is 2.05. The minimum atomic E-state index is -3.85. The Hall–Kier alpha value is -1.38. The largest absolute Gasteiger partial charge is 0.383 e. The smallest absolute Gasteiger partial charge is 0.247 e. The van der Waals surface area contributed by atoms with Crippen molar-refractivity contribution >= 4 is 39.0 Å². The fourth-order valence-electron chi connectivity index (χ4n) is 2.74. The molecule has 1 aromatic carbocycles. The second-order valence-electron chi connectivity index (χ2n) is 5.43. The van der Waals surface area contributed by atoms with Gasteiger partial charge in [-0.3, -0.25) is 0 Å². The molecular formula is C15H16Cl2N4O2S. The molecule has 9 heteroatoms. The molecule has 1 saturated heterocycles. The molecule has 6 nitrogen and oxygen atoms in total. The summed E-state index contributed by atoms with van der Waals surface area (Å²) in [6.07, 6.45) is 1.32. The fraction of sp³-hybridized carbons (Fsp3) is 0.267. The minimum Gasteiger partial charge on any atom is -0.383 e. The van der Waals surface area contributed by atoms with Crippen LogP contribution in [0.5, 0.6) is 0 Å². The van der Waals surface area contributed by atoms with Crippen LogP contribution in [-0.4, -0.2) is 37.3 Å². The maximum absolute atomic E-state index is 13.1. The van der Waals surface area contributed by atoms with Gasteiger partial charge in [-0.1, -0.05) is 35.3 Å². The van der Waals surface area contributed by atoms with Gasteiger partial charge in [-0.05, 0) is 23.8 Å². The highest BCUT2D eigenvalue weighted by Gasteiger charge is 2.36. The molecule has 1 aromatic heterocycles. The van der Waals surface area contributed by atoms with Crippen LogP contribution < -0.4 is 11.1 Å². The van der Waals surface area contributed by atoms with E-state index >= 15 is 0 Å². The number of nitrogens with one attached hydrogen (secondary N) is 1. The lowest BCUT2D eigenvalue weighted by Crippen LogP contribution is -2.48. The van der Waals surface area contributed by atoms with Crippen LogP contribution in [0.3, 0.4) is 0 Å². The number of piperazine rings is 1. The maximum atomic E-state index is 13.1. The molecule has 0 aliphatic carbocycles. The van der Waals surface area contributed by atoms with Gasteiger partial charge in [-0.15, -0.1) is 0 Å². The molecule has 1 fully saturated rings. The molecule has 0 bridgehead atoms. The van der Waals surface area contributed by atoms with Gasteiger partial charge < -0.3 is 11.1 Å². The average Bonchev–Trinajstić information content (AvgIpc) is 2.57. The summed E-state index contributed by atoms with van der Waals surface area (Å²) in [6.45, 7) is 1.34.